The molecule has 1 N–H and O–H groups in total. The third-order valence-corrected chi connectivity index (χ3v) is 4.51. The number of methoxy groups -OCH3 is 1. The molecule has 2 aliphatic heterocycles. The fourth-order valence-corrected chi connectivity index (χ4v) is 3.52. The maximum absolute atomic E-state index is 5.40. The number of rotatable bonds is 2. The number of benzene rings is 1. The van der Waals surface area contributed by atoms with Gasteiger partial charge < -0.3 is 10.1 Å². The van der Waals surface area contributed by atoms with Gasteiger partial charge in [0.1, 0.15) is 5.75 Å². The van der Waals surface area contributed by atoms with Gasteiger partial charge in [0, 0.05) is 18.3 Å². The van der Waals surface area contributed by atoms with E-state index >= 15 is 0 Å². The maximum Gasteiger partial charge on any atom is 0.119 e. The van der Waals surface area contributed by atoms with Gasteiger partial charge >= 0.3 is 0 Å². The topological polar surface area (TPSA) is 24.5 Å². The van der Waals surface area contributed by atoms with E-state index in [-0.39, 0.29) is 0 Å². The fraction of sp³-hybridized carbons (Fsp3) is 0.625. The lowest BCUT2D eigenvalue weighted by Gasteiger charge is -2.42. The smallest absolute Gasteiger partial charge is 0.119 e. The van der Waals surface area contributed by atoms with Crippen LogP contribution in [0.1, 0.15) is 37.8 Å². The minimum atomic E-state index is 0.548. The first kappa shape index (κ1) is 12.8. The minimum absolute atomic E-state index is 0.548. The molecule has 0 saturated carbocycles. The Morgan fingerprint density at radius 3 is 2.74 bits per heavy atom. The highest BCUT2D eigenvalue weighted by Gasteiger charge is 2.32. The van der Waals surface area contributed by atoms with Crippen molar-refractivity contribution in [3.05, 3.63) is 23.8 Å². The Morgan fingerprint density at radius 2 is 2.00 bits per heavy atom. The quantitative estimate of drug-likeness (QED) is 0.883. The van der Waals surface area contributed by atoms with Crippen molar-refractivity contribution < 1.29 is 4.74 Å². The Bertz CT molecular complexity index is 440. The van der Waals surface area contributed by atoms with Gasteiger partial charge in [-0.05, 0) is 55.6 Å². The number of hydrogen-bond donors (Lipinski definition) is 1. The van der Waals surface area contributed by atoms with Crippen LogP contribution in [0, 0.1) is 5.92 Å². The molecule has 3 rings (SSSR count). The molecule has 0 spiro atoms. The van der Waals surface area contributed by atoms with Crippen molar-refractivity contribution in [1.82, 2.24) is 4.90 Å². The van der Waals surface area contributed by atoms with Crippen LogP contribution in [0.2, 0.25) is 0 Å². The lowest BCUT2D eigenvalue weighted by molar-refractivity contribution is 0.123. The second-order valence-electron chi connectivity index (χ2n) is 5.85. The fourth-order valence-electron chi connectivity index (χ4n) is 3.52. The minimum Gasteiger partial charge on any atom is -0.497 e. The van der Waals surface area contributed by atoms with Crippen LogP contribution < -0.4 is 10.1 Å². The van der Waals surface area contributed by atoms with E-state index in [4.69, 9.17) is 4.74 Å². The molecule has 1 aromatic rings. The standard InChI is InChI=1S/C16H24N2O/c1-12-11-17-15-7-6-13(19-2)10-14(15)16(12)18-8-4-3-5-9-18/h6-7,10,12,16-17H,3-5,8-9,11H2,1-2H3. The zero-order valence-electron chi connectivity index (χ0n) is 12.0. The number of nitrogens with zero attached hydrogens (tertiary/aromatic N) is 1. The van der Waals surface area contributed by atoms with Crippen molar-refractivity contribution in [2.75, 3.05) is 32.1 Å². The zero-order valence-corrected chi connectivity index (χ0v) is 12.0. The van der Waals surface area contributed by atoms with Gasteiger partial charge in [-0.25, -0.2) is 0 Å². The molecule has 0 aliphatic carbocycles. The molecular weight excluding hydrogens is 236 g/mol. The maximum atomic E-state index is 5.40. The first-order valence-electron chi connectivity index (χ1n) is 7.45. The molecule has 19 heavy (non-hydrogen) atoms. The Hall–Kier alpha value is -1.22. The number of fused-ring (bicyclic) bond motifs is 1. The molecule has 0 radical (unpaired) electrons. The molecule has 104 valence electrons. The highest BCUT2D eigenvalue weighted by molar-refractivity contribution is 5.57. The highest BCUT2D eigenvalue weighted by Crippen LogP contribution is 2.40. The summed E-state index contributed by atoms with van der Waals surface area (Å²) in [5, 5.41) is 3.55. The van der Waals surface area contributed by atoms with Gasteiger partial charge in [0.05, 0.1) is 7.11 Å². The summed E-state index contributed by atoms with van der Waals surface area (Å²) in [5.41, 5.74) is 2.70. The average Bonchev–Trinajstić information content (AvgIpc) is 2.47. The van der Waals surface area contributed by atoms with Crippen molar-refractivity contribution in [3.63, 3.8) is 0 Å². The third kappa shape index (κ3) is 2.44. The van der Waals surface area contributed by atoms with Crippen LogP contribution in [0.15, 0.2) is 18.2 Å². The Kier molecular flexibility index (Phi) is 3.65. The number of piperidine rings is 1. The van der Waals surface area contributed by atoms with E-state index in [1.165, 1.54) is 43.6 Å². The van der Waals surface area contributed by atoms with Crippen LogP contribution in [-0.4, -0.2) is 31.6 Å². The Balaban J connectivity index is 1.94. The summed E-state index contributed by atoms with van der Waals surface area (Å²) >= 11 is 0. The van der Waals surface area contributed by atoms with Crippen molar-refractivity contribution in [2.45, 2.75) is 32.2 Å². The third-order valence-electron chi connectivity index (χ3n) is 4.51. The van der Waals surface area contributed by atoms with Crippen LogP contribution in [-0.2, 0) is 0 Å². The monoisotopic (exact) mass is 260 g/mol. The van der Waals surface area contributed by atoms with E-state index in [9.17, 15) is 0 Å². The molecular formula is C16H24N2O. The van der Waals surface area contributed by atoms with Crippen LogP contribution in [0.5, 0.6) is 5.75 Å². The van der Waals surface area contributed by atoms with E-state index in [1.54, 1.807) is 7.11 Å². The zero-order chi connectivity index (χ0) is 13.2. The summed E-state index contributed by atoms with van der Waals surface area (Å²) in [5.74, 6) is 1.62. The summed E-state index contributed by atoms with van der Waals surface area (Å²) in [7, 11) is 1.75. The number of nitrogens with one attached hydrogen (secondary N) is 1. The number of ether oxygens (including phenoxy) is 1. The van der Waals surface area contributed by atoms with E-state index in [0.717, 1.165) is 12.3 Å². The predicted octanol–water partition coefficient (Wildman–Crippen LogP) is 3.28. The van der Waals surface area contributed by atoms with Gasteiger partial charge in [-0.3, -0.25) is 4.90 Å². The molecule has 1 saturated heterocycles. The van der Waals surface area contributed by atoms with Crippen molar-refractivity contribution in [3.8, 4) is 5.75 Å². The van der Waals surface area contributed by atoms with Crippen LogP contribution in [0.4, 0.5) is 5.69 Å². The summed E-state index contributed by atoms with van der Waals surface area (Å²) in [6.45, 7) is 5.91. The molecule has 0 bridgehead atoms. The number of anilines is 1. The molecule has 2 heterocycles. The predicted molar refractivity (Wildman–Crippen MR) is 78.8 cm³/mol. The SMILES string of the molecule is COc1ccc2c(c1)C(N1CCCCC1)C(C)CN2. The molecule has 1 aromatic carbocycles. The van der Waals surface area contributed by atoms with Gasteiger partial charge in [-0.1, -0.05) is 13.3 Å². The Morgan fingerprint density at radius 1 is 1.21 bits per heavy atom. The number of likely N-dealkylation sites (tertiary alicyclic amines) is 1. The molecule has 2 atom stereocenters. The van der Waals surface area contributed by atoms with Gasteiger partial charge in [-0.15, -0.1) is 0 Å². The van der Waals surface area contributed by atoms with Crippen LogP contribution in [0.25, 0.3) is 0 Å². The summed E-state index contributed by atoms with van der Waals surface area (Å²) < 4.78 is 5.40. The summed E-state index contributed by atoms with van der Waals surface area (Å²) in [6, 6.07) is 6.98. The molecule has 0 amide bonds. The lowest BCUT2D eigenvalue weighted by atomic mass is 9.87. The molecule has 1 fully saturated rings. The van der Waals surface area contributed by atoms with Crippen molar-refractivity contribution in [1.29, 1.82) is 0 Å². The van der Waals surface area contributed by atoms with E-state index in [1.807, 2.05) is 0 Å². The first-order chi connectivity index (χ1) is 9.29. The second-order valence-corrected chi connectivity index (χ2v) is 5.85. The van der Waals surface area contributed by atoms with E-state index < -0.39 is 0 Å². The molecule has 2 aliphatic rings. The van der Waals surface area contributed by atoms with E-state index in [0.29, 0.717) is 12.0 Å². The summed E-state index contributed by atoms with van der Waals surface area (Å²) in [4.78, 5) is 2.67. The molecule has 2 unspecified atom stereocenters. The normalized spacial score (nSPS) is 27.5. The van der Waals surface area contributed by atoms with Gasteiger partial charge in [0.25, 0.3) is 0 Å². The van der Waals surface area contributed by atoms with Crippen molar-refractivity contribution in [2.24, 2.45) is 5.92 Å². The highest BCUT2D eigenvalue weighted by atomic mass is 16.5. The Labute approximate surface area is 115 Å². The van der Waals surface area contributed by atoms with Crippen LogP contribution in [0.3, 0.4) is 0 Å². The largest absolute Gasteiger partial charge is 0.497 e. The van der Waals surface area contributed by atoms with Gasteiger partial charge in [0.15, 0.2) is 0 Å². The van der Waals surface area contributed by atoms with Gasteiger partial charge in [0.2, 0.25) is 0 Å². The lowest BCUT2D eigenvalue weighted by Crippen LogP contribution is -2.41. The average molecular weight is 260 g/mol. The first-order valence-corrected chi connectivity index (χ1v) is 7.45. The van der Waals surface area contributed by atoms with Crippen LogP contribution >= 0.6 is 0 Å². The molecule has 0 aromatic heterocycles. The van der Waals surface area contributed by atoms with Gasteiger partial charge in [-0.2, -0.15) is 0 Å². The van der Waals surface area contributed by atoms with Crippen molar-refractivity contribution >= 4 is 5.69 Å². The molecule has 3 heteroatoms. The van der Waals surface area contributed by atoms with E-state index in [2.05, 4.69) is 35.3 Å². The summed E-state index contributed by atoms with van der Waals surface area (Å²) in [6.07, 6.45) is 4.08. The number of hydrogen-bond acceptors (Lipinski definition) is 3. The molecule has 3 nitrogen and oxygen atoms in total. The second kappa shape index (κ2) is 5.41.